The second kappa shape index (κ2) is 8.14. The van der Waals surface area contributed by atoms with Gasteiger partial charge in [-0.3, -0.25) is 4.98 Å². The number of rotatable bonds is 5. The number of amides is 2. The molecule has 3 N–H and O–H groups in total. The standard InChI is InChI=1S/C23H21FN4O/c1-15-8-9-17(11-21(15)24)28-23(29)27-13-19(16-5-4-10-25-12-16)20-14-26-22-7-3-2-6-18(20)22/h2-12,14,19,26H,13H2,1H3,(H2,27,28,29). The average Bonchev–Trinajstić information content (AvgIpc) is 3.16. The summed E-state index contributed by atoms with van der Waals surface area (Å²) in [7, 11) is 0. The first kappa shape index (κ1) is 18.7. The molecule has 2 amide bonds. The normalized spacial score (nSPS) is 11.9. The largest absolute Gasteiger partial charge is 0.361 e. The number of hydrogen-bond donors (Lipinski definition) is 3. The summed E-state index contributed by atoms with van der Waals surface area (Å²) in [4.78, 5) is 19.9. The van der Waals surface area contributed by atoms with E-state index in [1.54, 1.807) is 31.5 Å². The van der Waals surface area contributed by atoms with Crippen LogP contribution < -0.4 is 10.6 Å². The van der Waals surface area contributed by atoms with Crippen LogP contribution in [0.25, 0.3) is 10.9 Å². The molecular weight excluding hydrogens is 367 g/mol. The van der Waals surface area contributed by atoms with Gasteiger partial charge in [-0.2, -0.15) is 0 Å². The molecule has 0 radical (unpaired) electrons. The maximum Gasteiger partial charge on any atom is 0.319 e. The van der Waals surface area contributed by atoms with Crippen molar-refractivity contribution >= 4 is 22.6 Å². The zero-order chi connectivity index (χ0) is 20.2. The predicted molar refractivity (Wildman–Crippen MR) is 113 cm³/mol. The van der Waals surface area contributed by atoms with Crippen molar-refractivity contribution in [2.75, 3.05) is 11.9 Å². The summed E-state index contributed by atoms with van der Waals surface area (Å²) in [6, 6.07) is 16.2. The minimum absolute atomic E-state index is 0.0830. The molecule has 2 heterocycles. The van der Waals surface area contributed by atoms with Gasteiger partial charge in [0.05, 0.1) is 0 Å². The molecule has 0 saturated heterocycles. The number of urea groups is 1. The fourth-order valence-corrected chi connectivity index (χ4v) is 3.41. The van der Waals surface area contributed by atoms with Crippen molar-refractivity contribution in [1.82, 2.24) is 15.3 Å². The van der Waals surface area contributed by atoms with E-state index in [2.05, 4.69) is 26.7 Å². The number of hydrogen-bond acceptors (Lipinski definition) is 2. The fourth-order valence-electron chi connectivity index (χ4n) is 3.41. The van der Waals surface area contributed by atoms with Crippen molar-refractivity contribution in [3.05, 3.63) is 95.7 Å². The highest BCUT2D eigenvalue weighted by Gasteiger charge is 2.19. The number of aromatic amines is 1. The molecule has 2 aromatic heterocycles. The first-order valence-electron chi connectivity index (χ1n) is 9.39. The molecule has 5 nitrogen and oxygen atoms in total. The Hall–Kier alpha value is -3.67. The van der Waals surface area contributed by atoms with Gasteiger partial charge in [-0.15, -0.1) is 0 Å². The number of para-hydroxylation sites is 1. The zero-order valence-corrected chi connectivity index (χ0v) is 15.9. The SMILES string of the molecule is Cc1ccc(NC(=O)NCC(c2cccnc2)c2c[nH]c3ccccc23)cc1F. The van der Waals surface area contributed by atoms with Gasteiger partial charge in [0.15, 0.2) is 0 Å². The molecule has 146 valence electrons. The van der Waals surface area contributed by atoms with Crippen molar-refractivity contribution in [1.29, 1.82) is 0 Å². The number of anilines is 1. The molecular formula is C23H21FN4O. The summed E-state index contributed by atoms with van der Waals surface area (Å²) in [6.07, 6.45) is 5.50. The predicted octanol–water partition coefficient (Wildman–Crippen LogP) is 4.96. The van der Waals surface area contributed by atoms with Crippen LogP contribution in [0.3, 0.4) is 0 Å². The average molecular weight is 388 g/mol. The Morgan fingerprint density at radius 2 is 2.03 bits per heavy atom. The lowest BCUT2D eigenvalue weighted by Gasteiger charge is -2.18. The number of benzene rings is 2. The maximum atomic E-state index is 13.7. The van der Waals surface area contributed by atoms with E-state index in [9.17, 15) is 9.18 Å². The molecule has 0 spiro atoms. The monoisotopic (exact) mass is 388 g/mol. The summed E-state index contributed by atoms with van der Waals surface area (Å²) >= 11 is 0. The third-order valence-electron chi connectivity index (χ3n) is 4.98. The van der Waals surface area contributed by atoms with Crippen molar-refractivity contribution < 1.29 is 9.18 Å². The molecule has 4 rings (SSSR count). The Bertz CT molecular complexity index is 1140. The molecule has 0 aliphatic carbocycles. The molecule has 1 atom stereocenters. The third-order valence-corrected chi connectivity index (χ3v) is 4.98. The van der Waals surface area contributed by atoms with Crippen molar-refractivity contribution in [3.63, 3.8) is 0 Å². The van der Waals surface area contributed by atoms with Crippen LogP contribution in [-0.4, -0.2) is 22.5 Å². The summed E-state index contributed by atoms with van der Waals surface area (Å²) < 4.78 is 13.7. The first-order valence-corrected chi connectivity index (χ1v) is 9.39. The number of carbonyl (C=O) groups is 1. The fraction of sp³-hybridized carbons (Fsp3) is 0.130. The smallest absolute Gasteiger partial charge is 0.319 e. The van der Waals surface area contributed by atoms with Gasteiger partial charge in [0.25, 0.3) is 0 Å². The maximum absolute atomic E-state index is 13.7. The molecule has 0 saturated carbocycles. The van der Waals surface area contributed by atoms with Gasteiger partial charge in [0.1, 0.15) is 5.82 Å². The lowest BCUT2D eigenvalue weighted by Crippen LogP contribution is -2.32. The number of fused-ring (bicyclic) bond motifs is 1. The number of carbonyl (C=O) groups excluding carboxylic acids is 1. The van der Waals surface area contributed by atoms with Crippen molar-refractivity contribution in [2.24, 2.45) is 0 Å². The Kier molecular flexibility index (Phi) is 5.24. The van der Waals surface area contributed by atoms with E-state index in [4.69, 9.17) is 0 Å². The Morgan fingerprint density at radius 3 is 2.83 bits per heavy atom. The van der Waals surface area contributed by atoms with E-state index in [0.717, 1.165) is 22.0 Å². The van der Waals surface area contributed by atoms with Crippen molar-refractivity contribution in [2.45, 2.75) is 12.8 Å². The number of aryl methyl sites for hydroxylation is 1. The lowest BCUT2D eigenvalue weighted by atomic mass is 9.92. The van der Waals surface area contributed by atoms with Gasteiger partial charge in [-0.1, -0.05) is 30.3 Å². The van der Waals surface area contributed by atoms with Gasteiger partial charge in [0, 0.05) is 47.6 Å². The van der Waals surface area contributed by atoms with Crippen LogP contribution in [0.5, 0.6) is 0 Å². The van der Waals surface area contributed by atoms with Crippen LogP contribution in [0, 0.1) is 12.7 Å². The molecule has 0 bridgehead atoms. The van der Waals surface area contributed by atoms with Crippen molar-refractivity contribution in [3.8, 4) is 0 Å². The van der Waals surface area contributed by atoms with Gasteiger partial charge < -0.3 is 15.6 Å². The Balaban J connectivity index is 1.55. The summed E-state index contributed by atoms with van der Waals surface area (Å²) in [6.45, 7) is 2.05. The molecule has 6 heteroatoms. The van der Waals surface area contributed by atoms with Crippen LogP contribution in [0.4, 0.5) is 14.9 Å². The topological polar surface area (TPSA) is 69.8 Å². The zero-order valence-electron chi connectivity index (χ0n) is 15.9. The quantitative estimate of drug-likeness (QED) is 0.452. The number of nitrogens with one attached hydrogen (secondary N) is 3. The number of halogens is 1. The Morgan fingerprint density at radius 1 is 1.17 bits per heavy atom. The molecule has 29 heavy (non-hydrogen) atoms. The van der Waals surface area contributed by atoms with Crippen LogP contribution in [0.15, 0.2) is 73.2 Å². The number of H-pyrrole nitrogens is 1. The van der Waals surface area contributed by atoms with Crippen LogP contribution >= 0.6 is 0 Å². The van der Waals surface area contributed by atoms with Gasteiger partial charge in [0.2, 0.25) is 0 Å². The molecule has 0 aliphatic rings. The lowest BCUT2D eigenvalue weighted by molar-refractivity contribution is 0.252. The first-order chi connectivity index (χ1) is 14.1. The van der Waals surface area contributed by atoms with Gasteiger partial charge >= 0.3 is 6.03 Å². The van der Waals surface area contributed by atoms with E-state index in [1.807, 2.05) is 36.5 Å². The molecule has 0 fully saturated rings. The summed E-state index contributed by atoms with van der Waals surface area (Å²) in [5.41, 5.74) is 4.06. The highest BCUT2D eigenvalue weighted by Crippen LogP contribution is 2.30. The minimum Gasteiger partial charge on any atom is -0.361 e. The third kappa shape index (κ3) is 4.11. The highest BCUT2D eigenvalue weighted by molar-refractivity contribution is 5.89. The molecule has 4 aromatic rings. The second-order valence-corrected chi connectivity index (χ2v) is 6.93. The summed E-state index contributed by atoms with van der Waals surface area (Å²) in [5, 5.41) is 6.69. The van der Waals surface area contributed by atoms with Crippen LogP contribution in [0.2, 0.25) is 0 Å². The van der Waals surface area contributed by atoms with Crippen LogP contribution in [0.1, 0.15) is 22.6 Å². The Labute approximate surface area is 168 Å². The molecule has 1 unspecified atom stereocenters. The molecule has 0 aliphatic heterocycles. The van der Waals surface area contributed by atoms with E-state index in [-0.39, 0.29) is 17.8 Å². The summed E-state index contributed by atoms with van der Waals surface area (Å²) in [5.74, 6) is -0.435. The second-order valence-electron chi connectivity index (χ2n) is 6.93. The van der Waals surface area contributed by atoms with E-state index < -0.39 is 0 Å². The van der Waals surface area contributed by atoms with E-state index >= 15 is 0 Å². The van der Waals surface area contributed by atoms with Gasteiger partial charge in [-0.05, 0) is 47.9 Å². The number of nitrogens with zero attached hydrogens (tertiary/aromatic N) is 1. The number of pyridine rings is 1. The van der Waals surface area contributed by atoms with E-state index in [1.165, 1.54) is 6.07 Å². The van der Waals surface area contributed by atoms with E-state index in [0.29, 0.717) is 17.8 Å². The minimum atomic E-state index is -0.387. The van der Waals surface area contributed by atoms with Crippen LogP contribution in [-0.2, 0) is 0 Å². The number of aromatic nitrogens is 2. The highest BCUT2D eigenvalue weighted by atomic mass is 19.1. The molecule has 2 aromatic carbocycles. The van der Waals surface area contributed by atoms with Gasteiger partial charge in [-0.25, -0.2) is 9.18 Å².